The molecule has 4 aromatic rings. The van der Waals surface area contributed by atoms with Gasteiger partial charge in [-0.25, -0.2) is 18.7 Å². The van der Waals surface area contributed by atoms with Crippen molar-refractivity contribution >= 4 is 28.3 Å². The third-order valence-electron chi connectivity index (χ3n) is 6.31. The summed E-state index contributed by atoms with van der Waals surface area (Å²) in [4.78, 5) is 23.1. The number of alkyl halides is 3. The molecule has 5 rings (SSSR count). The number of carbonyl (C=O) groups is 1. The average Bonchev–Trinajstić information content (AvgIpc) is 3.39. The minimum absolute atomic E-state index is 0.115. The van der Waals surface area contributed by atoms with E-state index in [4.69, 9.17) is 15.6 Å². The summed E-state index contributed by atoms with van der Waals surface area (Å²) in [6.07, 6.45) is -0.954. The topological polar surface area (TPSA) is 106 Å². The van der Waals surface area contributed by atoms with Gasteiger partial charge < -0.3 is 20.5 Å². The maximum Gasteiger partial charge on any atom is 0.416 e. The van der Waals surface area contributed by atoms with Crippen LogP contribution in [0, 0.1) is 11.6 Å². The zero-order valence-electron chi connectivity index (χ0n) is 20.2. The maximum atomic E-state index is 15.2. The second kappa shape index (κ2) is 10.9. The summed E-state index contributed by atoms with van der Waals surface area (Å²) in [6.45, 7) is 0.331. The molecule has 0 saturated carbocycles. The lowest BCUT2D eigenvalue weighted by molar-refractivity contribution is -0.137. The van der Waals surface area contributed by atoms with Crippen molar-refractivity contribution in [3.05, 3.63) is 71.2 Å². The molecule has 0 bridgehead atoms. The van der Waals surface area contributed by atoms with E-state index in [-0.39, 0.29) is 29.0 Å². The van der Waals surface area contributed by atoms with Crippen molar-refractivity contribution in [3.8, 4) is 0 Å². The Morgan fingerprint density at radius 3 is 2.50 bits per heavy atom. The van der Waals surface area contributed by atoms with E-state index in [1.807, 2.05) is 0 Å². The molecule has 0 radical (unpaired) electrons. The molecule has 3 heterocycles. The number of nitrogens with zero attached hydrogens (tertiary/aromatic N) is 4. The molecule has 202 valence electrons. The molecule has 1 aliphatic rings. The molecular weight excluding hydrogens is 513 g/mol. The quantitative estimate of drug-likeness (QED) is 0.378. The standard InChI is InChI=1S/C24H20F5N5O2.CH4O/c25-17-7-14(24(27,28)29)2-1-13(17)11-33(15-3-5-36-6-4-15)23(35)16-8-20-19(9-18(16)26)32-22(30)21-10-31-12-34(20)21;1-2/h1-2,7-10,12,15H,3-6,11H2,(H2,30,32);2H,1H3. The monoisotopic (exact) mass is 537 g/mol. The highest BCUT2D eigenvalue weighted by molar-refractivity contribution is 5.98. The van der Waals surface area contributed by atoms with Gasteiger partial charge in [-0.05, 0) is 31.0 Å². The second-order valence-electron chi connectivity index (χ2n) is 8.55. The molecule has 1 amide bonds. The molecular formula is C25H24F5N5O3. The Kier molecular flexibility index (Phi) is 7.78. The molecule has 13 heteroatoms. The first kappa shape index (κ1) is 27.2. The number of ether oxygens (including phenoxy) is 1. The van der Waals surface area contributed by atoms with E-state index in [1.54, 1.807) is 4.40 Å². The van der Waals surface area contributed by atoms with Gasteiger partial charge in [-0.3, -0.25) is 9.20 Å². The van der Waals surface area contributed by atoms with Gasteiger partial charge in [-0.1, -0.05) is 6.07 Å². The zero-order chi connectivity index (χ0) is 27.6. The van der Waals surface area contributed by atoms with Gasteiger partial charge in [0, 0.05) is 44.5 Å². The lowest BCUT2D eigenvalue weighted by Crippen LogP contribution is -2.43. The Morgan fingerprint density at radius 2 is 1.84 bits per heavy atom. The van der Waals surface area contributed by atoms with Crippen LogP contribution in [-0.2, 0) is 17.5 Å². The summed E-state index contributed by atoms with van der Waals surface area (Å²) in [7, 11) is 1.00. The number of aliphatic hydroxyl groups excluding tert-OH is 1. The van der Waals surface area contributed by atoms with Crippen LogP contribution in [0.25, 0.3) is 16.6 Å². The average molecular weight is 537 g/mol. The predicted molar refractivity (Wildman–Crippen MR) is 128 cm³/mol. The summed E-state index contributed by atoms with van der Waals surface area (Å²) in [5.41, 5.74) is 5.43. The number of hydrogen-bond donors (Lipinski definition) is 2. The number of aliphatic hydroxyl groups is 1. The summed E-state index contributed by atoms with van der Waals surface area (Å²) < 4.78 is 75.7. The number of carbonyl (C=O) groups excluding carboxylic acids is 1. The van der Waals surface area contributed by atoms with Crippen LogP contribution in [0.15, 0.2) is 42.9 Å². The Labute approximate surface area is 213 Å². The largest absolute Gasteiger partial charge is 0.416 e. The number of halogens is 5. The minimum Gasteiger partial charge on any atom is -0.400 e. The van der Waals surface area contributed by atoms with E-state index in [2.05, 4.69) is 9.97 Å². The molecule has 2 aromatic heterocycles. The summed E-state index contributed by atoms with van der Waals surface area (Å²) in [5, 5.41) is 7.00. The number of amides is 1. The predicted octanol–water partition coefficient (Wildman–Crippen LogP) is 4.19. The number of anilines is 1. The van der Waals surface area contributed by atoms with E-state index in [1.165, 1.54) is 23.5 Å². The van der Waals surface area contributed by atoms with E-state index in [9.17, 15) is 22.4 Å². The van der Waals surface area contributed by atoms with Crippen LogP contribution in [-0.4, -0.2) is 56.6 Å². The number of fused-ring (bicyclic) bond motifs is 3. The molecule has 8 nitrogen and oxygen atoms in total. The third kappa shape index (κ3) is 5.24. The Hall–Kier alpha value is -3.84. The van der Waals surface area contributed by atoms with Gasteiger partial charge in [0.15, 0.2) is 0 Å². The molecule has 1 saturated heterocycles. The van der Waals surface area contributed by atoms with Crippen LogP contribution in [0.1, 0.15) is 34.3 Å². The van der Waals surface area contributed by atoms with Crippen LogP contribution in [0.3, 0.4) is 0 Å². The first-order valence-electron chi connectivity index (χ1n) is 11.5. The fourth-order valence-corrected chi connectivity index (χ4v) is 4.41. The smallest absolute Gasteiger partial charge is 0.400 e. The van der Waals surface area contributed by atoms with Crippen molar-refractivity contribution in [2.24, 2.45) is 0 Å². The second-order valence-corrected chi connectivity index (χ2v) is 8.55. The number of imidazole rings is 1. The molecule has 1 aliphatic heterocycles. The van der Waals surface area contributed by atoms with Crippen LogP contribution in [0.2, 0.25) is 0 Å². The van der Waals surface area contributed by atoms with Crippen molar-refractivity contribution in [2.45, 2.75) is 31.6 Å². The van der Waals surface area contributed by atoms with Crippen LogP contribution in [0.4, 0.5) is 27.8 Å². The Morgan fingerprint density at radius 1 is 1.13 bits per heavy atom. The summed E-state index contributed by atoms with van der Waals surface area (Å²) in [6, 6.07) is 4.12. The number of hydrogen-bond acceptors (Lipinski definition) is 6. The number of rotatable bonds is 4. The molecule has 38 heavy (non-hydrogen) atoms. The molecule has 0 aliphatic carbocycles. The fraction of sp³-hybridized carbons (Fsp3) is 0.320. The van der Waals surface area contributed by atoms with E-state index < -0.39 is 35.3 Å². The summed E-state index contributed by atoms with van der Waals surface area (Å²) >= 11 is 0. The minimum atomic E-state index is -4.71. The molecule has 2 aromatic carbocycles. The highest BCUT2D eigenvalue weighted by Crippen LogP contribution is 2.31. The van der Waals surface area contributed by atoms with Gasteiger partial charge in [0.2, 0.25) is 0 Å². The van der Waals surface area contributed by atoms with Gasteiger partial charge in [-0.15, -0.1) is 0 Å². The number of nitrogens with two attached hydrogens (primary N) is 1. The third-order valence-corrected chi connectivity index (χ3v) is 6.31. The van der Waals surface area contributed by atoms with Crippen molar-refractivity contribution in [1.82, 2.24) is 19.3 Å². The van der Waals surface area contributed by atoms with Crippen molar-refractivity contribution in [3.63, 3.8) is 0 Å². The van der Waals surface area contributed by atoms with Crippen LogP contribution >= 0.6 is 0 Å². The van der Waals surface area contributed by atoms with Gasteiger partial charge in [0.05, 0.1) is 34.7 Å². The van der Waals surface area contributed by atoms with E-state index in [0.717, 1.165) is 25.3 Å². The van der Waals surface area contributed by atoms with E-state index in [0.29, 0.717) is 43.2 Å². The molecule has 0 spiro atoms. The first-order valence-corrected chi connectivity index (χ1v) is 11.5. The fourth-order valence-electron chi connectivity index (χ4n) is 4.41. The molecule has 0 unspecified atom stereocenters. The highest BCUT2D eigenvalue weighted by atomic mass is 19.4. The SMILES string of the molecule is CO.Nc1nc2cc(F)c(C(=O)N(Cc3ccc(C(F)(F)F)cc3F)C3CCOCC3)cc2n2cncc12. The number of nitrogen functional groups attached to an aromatic ring is 1. The normalized spacial score (nSPS) is 14.4. The van der Waals surface area contributed by atoms with E-state index >= 15 is 4.39 Å². The Balaban J connectivity index is 0.00000164. The lowest BCUT2D eigenvalue weighted by Gasteiger charge is -2.34. The number of benzene rings is 2. The Bertz CT molecular complexity index is 1470. The van der Waals surface area contributed by atoms with Gasteiger partial charge >= 0.3 is 6.18 Å². The number of aromatic nitrogens is 3. The van der Waals surface area contributed by atoms with Gasteiger partial charge in [-0.2, -0.15) is 13.2 Å². The van der Waals surface area contributed by atoms with Crippen molar-refractivity contribution in [1.29, 1.82) is 0 Å². The molecule has 0 atom stereocenters. The zero-order valence-corrected chi connectivity index (χ0v) is 20.2. The first-order chi connectivity index (χ1) is 18.1. The van der Waals surface area contributed by atoms with Crippen molar-refractivity contribution in [2.75, 3.05) is 26.1 Å². The molecule has 1 fully saturated rings. The van der Waals surface area contributed by atoms with Gasteiger partial charge in [0.25, 0.3) is 5.91 Å². The summed E-state index contributed by atoms with van der Waals surface area (Å²) in [5.74, 6) is -2.55. The lowest BCUT2D eigenvalue weighted by atomic mass is 10.0. The van der Waals surface area contributed by atoms with Crippen LogP contribution < -0.4 is 5.73 Å². The van der Waals surface area contributed by atoms with Crippen LogP contribution in [0.5, 0.6) is 0 Å². The van der Waals surface area contributed by atoms with Gasteiger partial charge in [0.1, 0.15) is 23.0 Å². The molecule has 3 N–H and O–H groups in total. The van der Waals surface area contributed by atoms with Crippen molar-refractivity contribution < 1.29 is 36.6 Å². The maximum absolute atomic E-state index is 15.2. The highest BCUT2D eigenvalue weighted by Gasteiger charge is 2.33.